The Morgan fingerprint density at radius 2 is 2.19 bits per heavy atom. The molecule has 2 unspecified atom stereocenters. The summed E-state index contributed by atoms with van der Waals surface area (Å²) in [5, 5.41) is 2.82. The molecule has 1 heterocycles. The van der Waals surface area contributed by atoms with E-state index < -0.39 is 15.4 Å². The highest BCUT2D eigenvalue weighted by Crippen LogP contribution is 2.23. The van der Waals surface area contributed by atoms with Gasteiger partial charge < -0.3 is 11.1 Å². The molecular weight excluding hydrogens is 228 g/mol. The van der Waals surface area contributed by atoms with Crippen LogP contribution in [0.25, 0.3) is 0 Å². The fourth-order valence-corrected chi connectivity index (χ4v) is 4.00. The molecule has 2 atom stereocenters. The predicted octanol–water partition coefficient (Wildman–Crippen LogP) is -0.335. The van der Waals surface area contributed by atoms with E-state index in [-0.39, 0.29) is 23.3 Å². The number of sulfone groups is 1. The van der Waals surface area contributed by atoms with Crippen LogP contribution in [0.1, 0.15) is 26.7 Å². The summed E-state index contributed by atoms with van der Waals surface area (Å²) in [6.07, 6.45) is 1.12. The van der Waals surface area contributed by atoms with Gasteiger partial charge in [0.2, 0.25) is 5.91 Å². The third-order valence-corrected chi connectivity index (χ3v) is 4.88. The van der Waals surface area contributed by atoms with Gasteiger partial charge in [0.25, 0.3) is 0 Å². The molecule has 0 saturated carbocycles. The van der Waals surface area contributed by atoms with E-state index in [1.807, 2.05) is 0 Å². The zero-order valence-electron chi connectivity index (χ0n) is 9.82. The molecular formula is C10H20N2O3S. The molecule has 6 heteroatoms. The Morgan fingerprint density at radius 3 is 2.62 bits per heavy atom. The summed E-state index contributed by atoms with van der Waals surface area (Å²) in [5.41, 5.74) is 4.78. The van der Waals surface area contributed by atoms with E-state index >= 15 is 0 Å². The number of nitrogens with one attached hydrogen (secondary N) is 1. The lowest BCUT2D eigenvalue weighted by molar-refractivity contribution is -0.126. The lowest BCUT2D eigenvalue weighted by Crippen LogP contribution is -2.49. The van der Waals surface area contributed by atoms with Gasteiger partial charge in [0.1, 0.15) is 0 Å². The lowest BCUT2D eigenvalue weighted by Gasteiger charge is -2.25. The van der Waals surface area contributed by atoms with E-state index in [2.05, 4.69) is 5.32 Å². The topological polar surface area (TPSA) is 89.3 Å². The van der Waals surface area contributed by atoms with Crippen molar-refractivity contribution in [2.45, 2.75) is 32.2 Å². The van der Waals surface area contributed by atoms with Crippen LogP contribution < -0.4 is 11.1 Å². The van der Waals surface area contributed by atoms with Crippen LogP contribution >= 0.6 is 0 Å². The van der Waals surface area contributed by atoms with Crippen LogP contribution in [0.15, 0.2) is 0 Å². The lowest BCUT2D eigenvalue weighted by atomic mass is 9.99. The third-order valence-electron chi connectivity index (χ3n) is 2.98. The largest absolute Gasteiger partial charge is 0.350 e. The van der Waals surface area contributed by atoms with E-state index in [4.69, 9.17) is 5.73 Å². The summed E-state index contributed by atoms with van der Waals surface area (Å²) in [5.74, 6) is -0.0639. The fourth-order valence-electron chi connectivity index (χ4n) is 1.91. The van der Waals surface area contributed by atoms with Crippen molar-refractivity contribution in [3.8, 4) is 0 Å². The fraction of sp³-hybridized carbons (Fsp3) is 0.900. The zero-order chi connectivity index (χ0) is 12.4. The van der Waals surface area contributed by atoms with Crippen LogP contribution in [-0.2, 0) is 14.6 Å². The van der Waals surface area contributed by atoms with Crippen molar-refractivity contribution < 1.29 is 13.2 Å². The second kappa shape index (κ2) is 4.71. The van der Waals surface area contributed by atoms with E-state index in [1.165, 1.54) is 0 Å². The number of carbonyl (C=O) groups is 1. The van der Waals surface area contributed by atoms with Crippen molar-refractivity contribution in [2.75, 3.05) is 18.1 Å². The standard InChI is InChI=1S/C10H20N2O3S/c1-8(3-5-11)9(13)12-10(2)4-6-16(14,15)7-10/h8H,3-7,11H2,1-2H3,(H,12,13). The summed E-state index contributed by atoms with van der Waals surface area (Å²) in [7, 11) is -2.98. The Bertz CT molecular complexity index is 366. The van der Waals surface area contributed by atoms with Crippen molar-refractivity contribution in [3.05, 3.63) is 0 Å². The monoisotopic (exact) mass is 248 g/mol. The molecule has 0 aromatic carbocycles. The van der Waals surface area contributed by atoms with Gasteiger partial charge in [-0.05, 0) is 26.3 Å². The molecule has 1 amide bonds. The molecule has 0 aromatic rings. The van der Waals surface area contributed by atoms with Gasteiger partial charge in [0.15, 0.2) is 9.84 Å². The van der Waals surface area contributed by atoms with Crippen molar-refractivity contribution in [1.29, 1.82) is 0 Å². The van der Waals surface area contributed by atoms with Crippen LogP contribution in [0.4, 0.5) is 0 Å². The summed E-state index contributed by atoms with van der Waals surface area (Å²) in [6.45, 7) is 4.04. The molecule has 1 rings (SSSR count). The van der Waals surface area contributed by atoms with E-state index in [9.17, 15) is 13.2 Å². The molecule has 0 bridgehead atoms. The van der Waals surface area contributed by atoms with Gasteiger partial charge in [0.05, 0.1) is 17.0 Å². The van der Waals surface area contributed by atoms with Crippen molar-refractivity contribution >= 4 is 15.7 Å². The Hall–Kier alpha value is -0.620. The Balaban J connectivity index is 2.58. The molecule has 0 radical (unpaired) electrons. The SMILES string of the molecule is CC(CCN)C(=O)NC1(C)CCS(=O)(=O)C1. The van der Waals surface area contributed by atoms with Gasteiger partial charge in [0, 0.05) is 5.92 Å². The van der Waals surface area contributed by atoms with Crippen LogP contribution in [0.2, 0.25) is 0 Å². The summed E-state index contributed by atoms with van der Waals surface area (Å²) in [4.78, 5) is 11.7. The molecule has 1 fully saturated rings. The second-order valence-electron chi connectivity index (χ2n) is 4.87. The summed E-state index contributed by atoms with van der Waals surface area (Å²) in [6, 6.07) is 0. The van der Waals surface area contributed by atoms with E-state index in [0.717, 1.165) is 0 Å². The zero-order valence-corrected chi connectivity index (χ0v) is 10.6. The van der Waals surface area contributed by atoms with Crippen LogP contribution in [0.5, 0.6) is 0 Å². The number of hydrogen-bond acceptors (Lipinski definition) is 4. The van der Waals surface area contributed by atoms with Crippen LogP contribution in [0, 0.1) is 5.92 Å². The molecule has 94 valence electrons. The molecule has 0 aromatic heterocycles. The second-order valence-corrected chi connectivity index (χ2v) is 7.05. The number of nitrogens with two attached hydrogens (primary N) is 1. The van der Waals surface area contributed by atoms with E-state index in [1.54, 1.807) is 13.8 Å². The van der Waals surface area contributed by atoms with E-state index in [0.29, 0.717) is 19.4 Å². The minimum Gasteiger partial charge on any atom is -0.350 e. The molecule has 3 N–H and O–H groups in total. The number of amides is 1. The average molecular weight is 248 g/mol. The molecule has 1 aliphatic heterocycles. The quantitative estimate of drug-likeness (QED) is 0.712. The average Bonchev–Trinajstić information content (AvgIpc) is 2.40. The molecule has 1 saturated heterocycles. The van der Waals surface area contributed by atoms with Gasteiger partial charge in [-0.1, -0.05) is 6.92 Å². The Morgan fingerprint density at radius 1 is 1.56 bits per heavy atom. The van der Waals surface area contributed by atoms with Gasteiger partial charge in [-0.15, -0.1) is 0 Å². The van der Waals surface area contributed by atoms with Crippen LogP contribution in [-0.4, -0.2) is 37.9 Å². The maximum atomic E-state index is 11.7. The summed E-state index contributed by atoms with van der Waals surface area (Å²) < 4.78 is 22.7. The van der Waals surface area contributed by atoms with Gasteiger partial charge in [-0.25, -0.2) is 8.42 Å². The first-order valence-electron chi connectivity index (χ1n) is 5.50. The number of carbonyl (C=O) groups excluding carboxylic acids is 1. The normalized spacial score (nSPS) is 29.9. The molecule has 0 aliphatic carbocycles. The van der Waals surface area contributed by atoms with Gasteiger partial charge in [-0.2, -0.15) is 0 Å². The Labute approximate surface area is 96.7 Å². The first-order valence-corrected chi connectivity index (χ1v) is 7.33. The highest BCUT2D eigenvalue weighted by atomic mass is 32.2. The highest BCUT2D eigenvalue weighted by molar-refractivity contribution is 7.91. The minimum absolute atomic E-state index is 0.0427. The first kappa shape index (κ1) is 13.4. The maximum Gasteiger partial charge on any atom is 0.223 e. The van der Waals surface area contributed by atoms with Crippen molar-refractivity contribution in [3.63, 3.8) is 0 Å². The summed E-state index contributed by atoms with van der Waals surface area (Å²) >= 11 is 0. The highest BCUT2D eigenvalue weighted by Gasteiger charge is 2.39. The Kier molecular flexibility index (Phi) is 3.96. The molecule has 0 spiro atoms. The maximum absolute atomic E-state index is 11.7. The van der Waals surface area contributed by atoms with Gasteiger partial charge in [-0.3, -0.25) is 4.79 Å². The number of hydrogen-bond donors (Lipinski definition) is 2. The van der Waals surface area contributed by atoms with Crippen molar-refractivity contribution in [2.24, 2.45) is 11.7 Å². The third kappa shape index (κ3) is 3.45. The first-order chi connectivity index (χ1) is 7.28. The molecule has 5 nitrogen and oxygen atoms in total. The van der Waals surface area contributed by atoms with Crippen LogP contribution in [0.3, 0.4) is 0 Å². The molecule has 1 aliphatic rings. The van der Waals surface area contributed by atoms with Gasteiger partial charge >= 0.3 is 0 Å². The van der Waals surface area contributed by atoms with Crippen molar-refractivity contribution in [1.82, 2.24) is 5.32 Å². The molecule has 16 heavy (non-hydrogen) atoms. The minimum atomic E-state index is -2.98. The number of rotatable bonds is 4. The predicted molar refractivity (Wildman–Crippen MR) is 62.7 cm³/mol. The smallest absolute Gasteiger partial charge is 0.223 e.